The number of nitrogens with zero attached hydrogens (tertiary/aromatic N) is 5. The summed E-state index contributed by atoms with van der Waals surface area (Å²) in [5.74, 6) is 0.951. The molecule has 0 bridgehead atoms. The van der Waals surface area contributed by atoms with Crippen molar-refractivity contribution in [3.63, 3.8) is 0 Å². The average molecular weight is 349 g/mol. The summed E-state index contributed by atoms with van der Waals surface area (Å²) in [5.41, 5.74) is 2.89. The molecule has 0 atom stereocenters. The van der Waals surface area contributed by atoms with Crippen LogP contribution >= 0.6 is 0 Å². The number of aromatic nitrogens is 4. The van der Waals surface area contributed by atoms with Crippen LogP contribution in [0.25, 0.3) is 16.8 Å². The van der Waals surface area contributed by atoms with Crippen molar-refractivity contribution >= 4 is 5.65 Å². The topological polar surface area (TPSA) is 55.6 Å². The fourth-order valence-electron chi connectivity index (χ4n) is 3.91. The van der Waals surface area contributed by atoms with Crippen LogP contribution in [0.2, 0.25) is 0 Å². The first-order chi connectivity index (χ1) is 12.8. The fraction of sp³-hybridized carbons (Fsp3) is 0.450. The second-order valence-electron chi connectivity index (χ2n) is 7.34. The molecule has 1 aliphatic heterocycles. The quantitative estimate of drug-likeness (QED) is 0.724. The first kappa shape index (κ1) is 15.8. The van der Waals surface area contributed by atoms with Gasteiger partial charge >= 0.3 is 0 Å². The predicted molar refractivity (Wildman–Crippen MR) is 99.1 cm³/mol. The summed E-state index contributed by atoms with van der Waals surface area (Å²) in [6, 6.07) is 11.1. The lowest BCUT2D eigenvalue weighted by molar-refractivity contribution is 0.0493. The molecule has 26 heavy (non-hydrogen) atoms. The van der Waals surface area contributed by atoms with Crippen LogP contribution in [-0.4, -0.2) is 49.9 Å². The maximum Gasteiger partial charge on any atom is 0.178 e. The summed E-state index contributed by atoms with van der Waals surface area (Å²) in [5, 5.41) is 12.2. The van der Waals surface area contributed by atoms with Gasteiger partial charge < -0.3 is 9.64 Å². The van der Waals surface area contributed by atoms with E-state index in [9.17, 15) is 0 Å². The Labute approximate surface area is 152 Å². The zero-order valence-corrected chi connectivity index (χ0v) is 14.8. The lowest BCUT2D eigenvalue weighted by Crippen LogP contribution is -2.46. The number of hydrogen-bond acceptors (Lipinski definition) is 5. The summed E-state index contributed by atoms with van der Waals surface area (Å²) in [7, 11) is 0. The van der Waals surface area contributed by atoms with E-state index >= 15 is 0 Å². The normalized spacial score (nSPS) is 19.5. The van der Waals surface area contributed by atoms with Crippen LogP contribution in [-0.2, 0) is 0 Å². The van der Waals surface area contributed by atoms with Crippen LogP contribution < -0.4 is 4.74 Å². The molecule has 6 nitrogen and oxygen atoms in total. The van der Waals surface area contributed by atoms with E-state index in [1.165, 1.54) is 32.4 Å². The monoisotopic (exact) mass is 349 g/mol. The van der Waals surface area contributed by atoms with Crippen molar-refractivity contribution in [2.75, 3.05) is 13.1 Å². The summed E-state index contributed by atoms with van der Waals surface area (Å²) < 4.78 is 7.88. The van der Waals surface area contributed by atoms with Crippen molar-refractivity contribution in [2.24, 2.45) is 0 Å². The SMILES string of the molecule is c1cc(-c2cnn3cnnc3c2)ccc1OC1CCN(C2CCC2)CC1. The molecule has 0 unspecified atom stereocenters. The molecule has 1 aromatic carbocycles. The second kappa shape index (κ2) is 6.68. The highest BCUT2D eigenvalue weighted by molar-refractivity contribution is 5.66. The van der Waals surface area contributed by atoms with Crippen molar-refractivity contribution in [1.29, 1.82) is 0 Å². The minimum absolute atomic E-state index is 0.339. The number of likely N-dealkylation sites (tertiary alicyclic amines) is 1. The third-order valence-electron chi connectivity index (χ3n) is 5.72. The van der Waals surface area contributed by atoms with Gasteiger partial charge in [-0.2, -0.15) is 5.10 Å². The number of piperidine rings is 1. The minimum Gasteiger partial charge on any atom is -0.490 e. The number of hydrogen-bond donors (Lipinski definition) is 0. The van der Waals surface area contributed by atoms with Gasteiger partial charge in [0.15, 0.2) is 5.65 Å². The summed E-state index contributed by atoms with van der Waals surface area (Å²) >= 11 is 0. The molecular formula is C20H23N5O. The second-order valence-corrected chi connectivity index (χ2v) is 7.34. The molecule has 2 aromatic heterocycles. The Morgan fingerprint density at radius 2 is 1.77 bits per heavy atom. The van der Waals surface area contributed by atoms with Gasteiger partial charge in [0.2, 0.25) is 0 Å². The Hall–Kier alpha value is -2.47. The minimum atomic E-state index is 0.339. The summed E-state index contributed by atoms with van der Waals surface area (Å²) in [6.45, 7) is 2.36. The predicted octanol–water partition coefficient (Wildman–Crippen LogP) is 3.19. The maximum atomic E-state index is 6.21. The Balaban J connectivity index is 1.22. The number of fused-ring (bicyclic) bond motifs is 1. The van der Waals surface area contributed by atoms with E-state index < -0.39 is 0 Å². The molecule has 1 aliphatic carbocycles. The van der Waals surface area contributed by atoms with E-state index in [4.69, 9.17) is 4.74 Å². The van der Waals surface area contributed by atoms with Gasteiger partial charge in [-0.15, -0.1) is 10.2 Å². The van der Waals surface area contributed by atoms with E-state index in [2.05, 4.69) is 44.5 Å². The van der Waals surface area contributed by atoms with Crippen LogP contribution in [0.1, 0.15) is 32.1 Å². The fourth-order valence-corrected chi connectivity index (χ4v) is 3.91. The Morgan fingerprint density at radius 1 is 0.962 bits per heavy atom. The molecule has 3 heterocycles. The zero-order chi connectivity index (χ0) is 17.3. The molecule has 2 fully saturated rings. The highest BCUT2D eigenvalue weighted by atomic mass is 16.5. The van der Waals surface area contributed by atoms with Gasteiger partial charge in [-0.05, 0) is 49.4 Å². The van der Waals surface area contributed by atoms with Gasteiger partial charge in [0.1, 0.15) is 18.2 Å². The van der Waals surface area contributed by atoms with E-state index in [0.29, 0.717) is 6.10 Å². The standard InChI is InChI=1S/C20H23N5O/c1-2-17(3-1)24-10-8-19(9-11-24)26-18-6-4-15(5-7-18)16-12-20-23-21-14-25(20)22-13-16/h4-7,12-14,17,19H,1-3,8-11H2. The van der Waals surface area contributed by atoms with Crippen molar-refractivity contribution in [3.05, 3.63) is 42.9 Å². The molecule has 0 spiro atoms. The van der Waals surface area contributed by atoms with Gasteiger partial charge in [0.25, 0.3) is 0 Å². The smallest absolute Gasteiger partial charge is 0.178 e. The van der Waals surface area contributed by atoms with Crippen LogP contribution in [0, 0.1) is 0 Å². The molecule has 5 rings (SSSR count). The van der Waals surface area contributed by atoms with Gasteiger partial charge in [0.05, 0.1) is 6.20 Å². The Kier molecular flexibility index (Phi) is 4.05. The Morgan fingerprint density at radius 3 is 2.50 bits per heavy atom. The van der Waals surface area contributed by atoms with Gasteiger partial charge in [-0.25, -0.2) is 4.52 Å². The largest absolute Gasteiger partial charge is 0.490 e. The van der Waals surface area contributed by atoms with Crippen molar-refractivity contribution in [3.8, 4) is 16.9 Å². The van der Waals surface area contributed by atoms with E-state index in [-0.39, 0.29) is 0 Å². The molecule has 2 aliphatic rings. The lowest BCUT2D eigenvalue weighted by Gasteiger charge is -2.41. The molecule has 1 saturated heterocycles. The first-order valence-electron chi connectivity index (χ1n) is 9.52. The third-order valence-corrected chi connectivity index (χ3v) is 5.72. The van der Waals surface area contributed by atoms with E-state index in [1.807, 2.05) is 12.3 Å². The van der Waals surface area contributed by atoms with Gasteiger partial charge in [0, 0.05) is 24.7 Å². The highest BCUT2D eigenvalue weighted by Crippen LogP contribution is 2.29. The van der Waals surface area contributed by atoms with Crippen molar-refractivity contribution in [2.45, 2.75) is 44.2 Å². The zero-order valence-electron chi connectivity index (χ0n) is 14.8. The van der Waals surface area contributed by atoms with Crippen LogP contribution in [0.15, 0.2) is 42.9 Å². The number of rotatable bonds is 4. The molecular weight excluding hydrogens is 326 g/mol. The first-order valence-corrected chi connectivity index (χ1v) is 9.52. The van der Waals surface area contributed by atoms with Crippen molar-refractivity contribution in [1.82, 2.24) is 24.7 Å². The van der Waals surface area contributed by atoms with Crippen molar-refractivity contribution < 1.29 is 4.74 Å². The Bertz CT molecular complexity index is 879. The molecule has 0 N–H and O–H groups in total. The average Bonchev–Trinajstić information content (AvgIpc) is 3.10. The molecule has 3 aromatic rings. The van der Waals surface area contributed by atoms with Gasteiger partial charge in [-0.3, -0.25) is 0 Å². The van der Waals surface area contributed by atoms with Crippen LogP contribution in [0.4, 0.5) is 0 Å². The van der Waals surface area contributed by atoms with Crippen LogP contribution in [0.5, 0.6) is 5.75 Å². The summed E-state index contributed by atoms with van der Waals surface area (Å²) in [4.78, 5) is 2.65. The van der Waals surface area contributed by atoms with Crippen LogP contribution in [0.3, 0.4) is 0 Å². The molecule has 0 radical (unpaired) electrons. The number of ether oxygens (including phenoxy) is 1. The van der Waals surface area contributed by atoms with Gasteiger partial charge in [-0.1, -0.05) is 18.6 Å². The molecule has 6 heteroatoms. The maximum absolute atomic E-state index is 6.21. The molecule has 1 saturated carbocycles. The highest BCUT2D eigenvalue weighted by Gasteiger charge is 2.29. The van der Waals surface area contributed by atoms with E-state index in [1.54, 1.807) is 10.8 Å². The lowest BCUT2D eigenvalue weighted by atomic mass is 9.90. The molecule has 0 amide bonds. The summed E-state index contributed by atoms with van der Waals surface area (Å²) in [6.07, 6.45) is 10.2. The number of benzene rings is 1. The van der Waals surface area contributed by atoms with E-state index in [0.717, 1.165) is 41.4 Å². The molecule has 134 valence electrons. The third kappa shape index (κ3) is 3.05.